The summed E-state index contributed by atoms with van der Waals surface area (Å²) >= 11 is 2.17. The van der Waals surface area contributed by atoms with E-state index in [4.69, 9.17) is 0 Å². The number of benzene rings is 2. The Labute approximate surface area is 168 Å². The van der Waals surface area contributed by atoms with Crippen molar-refractivity contribution in [1.82, 2.24) is 4.98 Å². The van der Waals surface area contributed by atoms with Crippen LogP contribution in [0.1, 0.15) is 0 Å². The van der Waals surface area contributed by atoms with E-state index >= 15 is 0 Å². The van der Waals surface area contributed by atoms with Gasteiger partial charge in [-0.25, -0.2) is 13.4 Å². The van der Waals surface area contributed by atoms with Gasteiger partial charge in [0.25, 0.3) is 5.69 Å². The number of nitrogens with zero attached hydrogens (tertiary/aromatic N) is 2. The average Bonchev–Trinajstić information content (AvgIpc) is 3.16. The number of amides is 1. The number of nitro groups is 1. The number of carbonyl (C=O) groups is 1. The lowest BCUT2D eigenvalue weighted by molar-refractivity contribution is -0.384. The molecule has 1 amide bonds. The summed E-state index contributed by atoms with van der Waals surface area (Å²) in [4.78, 5) is 26.9. The van der Waals surface area contributed by atoms with Crippen molar-refractivity contribution in [2.45, 2.75) is 14.0 Å². The molecular formula is C17H13N3O5S3. The molecular weight excluding hydrogens is 422 g/mol. The van der Waals surface area contributed by atoms with Crippen molar-refractivity contribution < 1.29 is 18.1 Å². The van der Waals surface area contributed by atoms with Crippen LogP contribution < -0.4 is 5.32 Å². The number of nitro benzene ring substituents is 1. The first-order valence-corrected chi connectivity index (χ1v) is 11.1. The Balaban J connectivity index is 1.67. The van der Waals surface area contributed by atoms with Crippen LogP contribution in [-0.2, 0) is 14.6 Å². The molecule has 11 heteroatoms. The topological polar surface area (TPSA) is 119 Å². The van der Waals surface area contributed by atoms with Crippen LogP contribution in [0.5, 0.6) is 0 Å². The fourth-order valence-corrected chi connectivity index (χ4v) is 5.29. The van der Waals surface area contributed by atoms with Crippen molar-refractivity contribution >= 4 is 49.7 Å². The maximum Gasteiger partial charge on any atom is 0.269 e. The van der Waals surface area contributed by atoms with Crippen molar-refractivity contribution in [3.8, 4) is 0 Å². The van der Waals surface area contributed by atoms with Crippen LogP contribution in [0.25, 0.3) is 0 Å². The first-order valence-electron chi connectivity index (χ1n) is 7.79. The number of non-ortho nitro benzene ring substituents is 1. The molecule has 1 aromatic heterocycles. The van der Waals surface area contributed by atoms with Crippen molar-refractivity contribution in [1.29, 1.82) is 0 Å². The van der Waals surface area contributed by atoms with E-state index < -0.39 is 14.8 Å². The highest BCUT2D eigenvalue weighted by Gasteiger charge is 2.22. The molecule has 0 atom stereocenters. The van der Waals surface area contributed by atoms with Gasteiger partial charge in [-0.15, -0.1) is 11.8 Å². The number of hydrogen-bond acceptors (Lipinski definition) is 8. The SMILES string of the molecule is O=C(CSc1ccccc1)Nc1ncc(S(=O)(=O)c2ccc([N+](=O)[O-])cc2)s1. The van der Waals surface area contributed by atoms with Crippen molar-refractivity contribution in [3.63, 3.8) is 0 Å². The molecule has 0 aliphatic rings. The minimum absolute atomic E-state index is 0.0626. The number of anilines is 1. The van der Waals surface area contributed by atoms with Gasteiger partial charge in [-0.05, 0) is 24.3 Å². The van der Waals surface area contributed by atoms with E-state index in [1.165, 1.54) is 23.9 Å². The molecule has 0 spiro atoms. The van der Waals surface area contributed by atoms with Gasteiger partial charge < -0.3 is 5.32 Å². The van der Waals surface area contributed by atoms with Gasteiger partial charge in [-0.1, -0.05) is 29.5 Å². The average molecular weight is 436 g/mol. The third kappa shape index (κ3) is 4.74. The molecule has 0 aliphatic heterocycles. The number of aromatic nitrogens is 1. The Morgan fingerprint density at radius 3 is 2.46 bits per heavy atom. The lowest BCUT2D eigenvalue weighted by atomic mass is 10.3. The fraction of sp³-hybridized carbons (Fsp3) is 0.0588. The van der Waals surface area contributed by atoms with Gasteiger partial charge in [0.1, 0.15) is 4.21 Å². The molecule has 0 saturated heterocycles. The molecule has 144 valence electrons. The zero-order chi connectivity index (χ0) is 20.1. The summed E-state index contributed by atoms with van der Waals surface area (Å²) < 4.78 is 25.2. The Kier molecular flexibility index (Phi) is 6.07. The third-order valence-corrected chi connectivity index (χ3v) is 7.62. The molecule has 1 heterocycles. The lowest BCUT2D eigenvalue weighted by Gasteiger charge is -2.02. The predicted molar refractivity (Wildman–Crippen MR) is 106 cm³/mol. The van der Waals surface area contributed by atoms with E-state index in [1.54, 1.807) is 0 Å². The van der Waals surface area contributed by atoms with Crippen LogP contribution in [0.4, 0.5) is 10.8 Å². The number of hydrogen-bond donors (Lipinski definition) is 1. The highest BCUT2D eigenvalue weighted by molar-refractivity contribution is 8.00. The van der Waals surface area contributed by atoms with Gasteiger partial charge in [0.2, 0.25) is 15.7 Å². The van der Waals surface area contributed by atoms with E-state index in [-0.39, 0.29) is 31.6 Å². The first-order chi connectivity index (χ1) is 13.4. The molecule has 0 saturated carbocycles. The van der Waals surface area contributed by atoms with Gasteiger partial charge in [0.05, 0.1) is 21.8 Å². The number of thiazole rings is 1. The highest BCUT2D eigenvalue weighted by atomic mass is 32.2. The van der Waals surface area contributed by atoms with Gasteiger partial charge in [0, 0.05) is 17.0 Å². The second kappa shape index (κ2) is 8.50. The molecule has 3 rings (SSSR count). The highest BCUT2D eigenvalue weighted by Crippen LogP contribution is 2.29. The minimum atomic E-state index is -3.87. The van der Waals surface area contributed by atoms with Gasteiger partial charge in [0.15, 0.2) is 5.13 Å². The van der Waals surface area contributed by atoms with Crippen LogP contribution in [-0.4, -0.2) is 30.0 Å². The summed E-state index contributed by atoms with van der Waals surface area (Å²) in [5.41, 5.74) is -0.202. The van der Waals surface area contributed by atoms with Crippen molar-refractivity contribution in [2.75, 3.05) is 11.1 Å². The van der Waals surface area contributed by atoms with Gasteiger partial charge >= 0.3 is 0 Å². The van der Waals surface area contributed by atoms with Crippen molar-refractivity contribution in [3.05, 3.63) is 70.9 Å². The molecule has 28 heavy (non-hydrogen) atoms. The quantitative estimate of drug-likeness (QED) is 0.342. The van der Waals surface area contributed by atoms with E-state index in [9.17, 15) is 23.3 Å². The molecule has 0 bridgehead atoms. The Morgan fingerprint density at radius 2 is 1.82 bits per heavy atom. The monoisotopic (exact) mass is 435 g/mol. The molecule has 0 aliphatic carbocycles. The van der Waals surface area contributed by atoms with Crippen molar-refractivity contribution in [2.24, 2.45) is 0 Å². The summed E-state index contributed by atoms with van der Waals surface area (Å²) in [5, 5.41) is 13.4. The molecule has 8 nitrogen and oxygen atoms in total. The maximum atomic E-state index is 12.6. The Hall–Kier alpha value is -2.76. The Bertz CT molecular complexity index is 1100. The number of thioether (sulfide) groups is 1. The number of nitrogens with one attached hydrogen (secondary N) is 1. The molecule has 1 N–H and O–H groups in total. The smallest absolute Gasteiger partial charge is 0.269 e. The minimum Gasteiger partial charge on any atom is -0.301 e. The summed E-state index contributed by atoms with van der Waals surface area (Å²) in [5.74, 6) is -0.143. The largest absolute Gasteiger partial charge is 0.301 e. The zero-order valence-corrected chi connectivity index (χ0v) is 16.6. The van der Waals surface area contributed by atoms with E-state index in [0.29, 0.717) is 0 Å². The molecule has 0 fully saturated rings. The van der Waals surface area contributed by atoms with Crippen LogP contribution in [0.15, 0.2) is 74.8 Å². The van der Waals surface area contributed by atoms with Crippen LogP contribution in [0.2, 0.25) is 0 Å². The van der Waals surface area contributed by atoms with Gasteiger partial charge in [-0.2, -0.15) is 0 Å². The zero-order valence-electron chi connectivity index (χ0n) is 14.1. The molecule has 2 aromatic carbocycles. The maximum absolute atomic E-state index is 12.6. The fourth-order valence-electron chi connectivity index (χ4n) is 2.13. The molecule has 0 radical (unpaired) electrons. The second-order valence-corrected chi connectivity index (χ2v) is 9.64. The summed E-state index contributed by atoms with van der Waals surface area (Å²) in [6.45, 7) is 0. The standard InChI is InChI=1S/C17H13N3O5S3/c21-15(11-26-13-4-2-1-3-5-13)19-17-18-10-16(27-17)28(24,25)14-8-6-12(7-9-14)20(22)23/h1-10H,11H2,(H,18,19,21). The summed E-state index contributed by atoms with van der Waals surface area (Å²) in [7, 11) is -3.87. The number of rotatable bonds is 7. The second-order valence-electron chi connectivity index (χ2n) is 5.39. The number of sulfone groups is 1. The lowest BCUT2D eigenvalue weighted by Crippen LogP contribution is -2.13. The van der Waals surface area contributed by atoms with Crippen LogP contribution in [0.3, 0.4) is 0 Å². The normalized spacial score (nSPS) is 11.1. The van der Waals surface area contributed by atoms with E-state index in [1.807, 2.05) is 30.3 Å². The molecule has 3 aromatic rings. The van der Waals surface area contributed by atoms with E-state index in [0.717, 1.165) is 34.6 Å². The van der Waals surface area contributed by atoms with Gasteiger partial charge in [-0.3, -0.25) is 14.9 Å². The summed E-state index contributed by atoms with van der Waals surface area (Å²) in [6, 6.07) is 14.0. The molecule has 0 unspecified atom stereocenters. The number of carbonyl (C=O) groups excluding carboxylic acids is 1. The predicted octanol–water partition coefficient (Wildman–Crippen LogP) is 3.61. The third-order valence-electron chi connectivity index (χ3n) is 3.47. The summed E-state index contributed by atoms with van der Waals surface area (Å²) in [6.07, 6.45) is 1.15. The van der Waals surface area contributed by atoms with Crippen LogP contribution in [0, 0.1) is 10.1 Å². The van der Waals surface area contributed by atoms with E-state index in [2.05, 4.69) is 10.3 Å². The van der Waals surface area contributed by atoms with Crippen LogP contribution >= 0.6 is 23.1 Å². The Morgan fingerprint density at radius 1 is 1.14 bits per heavy atom. The first kappa shape index (κ1) is 20.0.